The van der Waals surface area contributed by atoms with Gasteiger partial charge >= 0.3 is 0 Å². The number of piperidine rings is 1. The Labute approximate surface area is 150 Å². The van der Waals surface area contributed by atoms with Crippen molar-refractivity contribution in [2.75, 3.05) is 19.7 Å². The fourth-order valence-electron chi connectivity index (χ4n) is 3.67. The minimum absolute atomic E-state index is 0.0497. The monoisotopic (exact) mass is 354 g/mol. The maximum absolute atomic E-state index is 14.0. The van der Waals surface area contributed by atoms with Crippen LogP contribution in [0.3, 0.4) is 0 Å². The average molecular weight is 354 g/mol. The number of hydrogen-bond acceptors (Lipinski definition) is 3. The smallest absolute Gasteiger partial charge is 0.256 e. The maximum atomic E-state index is 14.0. The number of nitrogens with zero attached hydrogens (tertiary/aromatic N) is 1. The van der Waals surface area contributed by atoms with Crippen molar-refractivity contribution in [1.82, 2.24) is 10.2 Å². The molecule has 1 saturated heterocycles. The van der Waals surface area contributed by atoms with Crippen molar-refractivity contribution in [1.29, 1.82) is 0 Å². The lowest BCUT2D eigenvalue weighted by Crippen LogP contribution is -2.61. The lowest BCUT2D eigenvalue weighted by Gasteiger charge is -2.42. The second-order valence-corrected chi connectivity index (χ2v) is 6.83. The minimum Gasteiger partial charge on any atom is -0.490 e. The van der Waals surface area contributed by atoms with Crippen molar-refractivity contribution >= 4 is 11.8 Å². The Kier molecular flexibility index (Phi) is 4.11. The largest absolute Gasteiger partial charge is 0.490 e. The van der Waals surface area contributed by atoms with Crippen LogP contribution in [-0.4, -0.2) is 41.9 Å². The molecule has 2 aliphatic heterocycles. The Morgan fingerprint density at radius 2 is 1.92 bits per heavy atom. The van der Waals surface area contributed by atoms with E-state index >= 15 is 0 Å². The van der Waals surface area contributed by atoms with Crippen molar-refractivity contribution < 1.29 is 18.7 Å². The Hall–Kier alpha value is -2.89. The summed E-state index contributed by atoms with van der Waals surface area (Å²) in [6.07, 6.45) is 1.41. The van der Waals surface area contributed by atoms with Gasteiger partial charge < -0.3 is 15.0 Å². The van der Waals surface area contributed by atoms with Crippen LogP contribution in [0.1, 0.15) is 33.6 Å². The number of rotatable bonds is 1. The number of halogens is 1. The number of ether oxygens (including phenoxy) is 1. The van der Waals surface area contributed by atoms with E-state index in [-0.39, 0.29) is 24.0 Å². The molecule has 6 heteroatoms. The van der Waals surface area contributed by atoms with Crippen molar-refractivity contribution in [3.63, 3.8) is 0 Å². The number of hydrogen-bond donors (Lipinski definition) is 1. The van der Waals surface area contributed by atoms with Gasteiger partial charge in [0.2, 0.25) is 0 Å². The summed E-state index contributed by atoms with van der Waals surface area (Å²) in [5.41, 5.74) is -0.134. The molecular formula is C20H19FN2O3. The van der Waals surface area contributed by atoms with E-state index in [0.717, 1.165) is 0 Å². The molecule has 0 saturated carbocycles. The number of para-hydroxylation sites is 1. The topological polar surface area (TPSA) is 58.6 Å². The Bertz CT molecular complexity index is 870. The lowest BCUT2D eigenvalue weighted by molar-refractivity contribution is 0.0486. The third-order valence-corrected chi connectivity index (χ3v) is 4.98. The van der Waals surface area contributed by atoms with Gasteiger partial charge in [-0.3, -0.25) is 9.59 Å². The van der Waals surface area contributed by atoms with Crippen molar-refractivity contribution in [2.24, 2.45) is 0 Å². The highest BCUT2D eigenvalue weighted by Gasteiger charge is 2.42. The second kappa shape index (κ2) is 6.44. The first-order valence-corrected chi connectivity index (χ1v) is 8.66. The summed E-state index contributed by atoms with van der Waals surface area (Å²) in [5.74, 6) is -0.568. The highest BCUT2D eigenvalue weighted by molar-refractivity contribution is 5.98. The van der Waals surface area contributed by atoms with Crippen LogP contribution in [0.4, 0.5) is 4.39 Å². The molecule has 4 rings (SSSR count). The lowest BCUT2D eigenvalue weighted by atomic mass is 9.89. The van der Waals surface area contributed by atoms with Crippen LogP contribution in [0.2, 0.25) is 0 Å². The van der Waals surface area contributed by atoms with Gasteiger partial charge in [-0.15, -0.1) is 0 Å². The van der Waals surface area contributed by atoms with Gasteiger partial charge in [-0.1, -0.05) is 24.3 Å². The molecule has 2 amide bonds. The van der Waals surface area contributed by atoms with Gasteiger partial charge in [-0.2, -0.15) is 0 Å². The molecule has 1 unspecified atom stereocenters. The minimum atomic E-state index is -0.671. The van der Waals surface area contributed by atoms with Crippen LogP contribution in [0.5, 0.6) is 5.75 Å². The van der Waals surface area contributed by atoms with E-state index in [1.54, 1.807) is 35.2 Å². The van der Waals surface area contributed by atoms with Crippen LogP contribution >= 0.6 is 0 Å². The van der Waals surface area contributed by atoms with E-state index in [1.807, 2.05) is 6.07 Å². The molecule has 0 aliphatic carbocycles. The third-order valence-electron chi connectivity index (χ3n) is 4.98. The number of carbonyl (C=O) groups is 2. The van der Waals surface area contributed by atoms with Gasteiger partial charge in [0.15, 0.2) is 0 Å². The van der Waals surface area contributed by atoms with Gasteiger partial charge in [-0.25, -0.2) is 4.39 Å². The first-order valence-electron chi connectivity index (χ1n) is 8.66. The third kappa shape index (κ3) is 2.92. The van der Waals surface area contributed by atoms with Gasteiger partial charge in [0.25, 0.3) is 11.8 Å². The summed E-state index contributed by atoms with van der Waals surface area (Å²) in [6.45, 7) is 1.09. The summed E-state index contributed by atoms with van der Waals surface area (Å²) >= 11 is 0. The summed E-state index contributed by atoms with van der Waals surface area (Å²) in [5, 5.41) is 3.05. The van der Waals surface area contributed by atoms with Crippen LogP contribution in [0.25, 0.3) is 0 Å². The molecule has 1 N–H and O–H groups in total. The highest BCUT2D eigenvalue weighted by atomic mass is 19.1. The predicted molar refractivity (Wildman–Crippen MR) is 93.7 cm³/mol. The quantitative estimate of drug-likeness (QED) is 0.856. The molecule has 1 spiro atoms. The van der Waals surface area contributed by atoms with E-state index in [2.05, 4.69) is 5.32 Å². The summed E-state index contributed by atoms with van der Waals surface area (Å²) in [7, 11) is 0. The zero-order valence-corrected chi connectivity index (χ0v) is 14.2. The number of carbonyl (C=O) groups excluding carboxylic acids is 2. The number of amides is 2. The normalized spacial score (nSPS) is 22.2. The zero-order chi connectivity index (χ0) is 18.1. The zero-order valence-electron chi connectivity index (χ0n) is 14.2. The first-order chi connectivity index (χ1) is 12.6. The predicted octanol–water partition coefficient (Wildman–Crippen LogP) is 2.62. The number of likely N-dealkylation sites (tertiary alicyclic amines) is 1. The first kappa shape index (κ1) is 16.6. The van der Waals surface area contributed by atoms with Gasteiger partial charge in [0.05, 0.1) is 16.7 Å². The maximum Gasteiger partial charge on any atom is 0.256 e. The Balaban J connectivity index is 1.58. The van der Waals surface area contributed by atoms with E-state index in [9.17, 15) is 14.0 Å². The molecule has 1 atom stereocenters. The summed E-state index contributed by atoms with van der Waals surface area (Å²) in [6, 6.07) is 13.0. The molecule has 134 valence electrons. The molecule has 2 aromatic rings. The van der Waals surface area contributed by atoms with Crippen LogP contribution in [0, 0.1) is 5.82 Å². The number of nitrogens with one attached hydrogen (secondary N) is 1. The molecule has 1 fully saturated rings. The molecule has 0 bridgehead atoms. The van der Waals surface area contributed by atoms with Crippen LogP contribution < -0.4 is 10.1 Å². The number of fused-ring (bicyclic) bond motifs is 1. The molecule has 5 nitrogen and oxygen atoms in total. The van der Waals surface area contributed by atoms with E-state index in [1.165, 1.54) is 12.1 Å². The fraction of sp³-hybridized carbons (Fsp3) is 0.300. The molecule has 0 radical (unpaired) electrons. The molecule has 2 aromatic carbocycles. The summed E-state index contributed by atoms with van der Waals surface area (Å²) in [4.78, 5) is 27.0. The van der Waals surface area contributed by atoms with Crippen LogP contribution in [0.15, 0.2) is 48.5 Å². The van der Waals surface area contributed by atoms with Crippen molar-refractivity contribution in [3.8, 4) is 5.75 Å². The van der Waals surface area contributed by atoms with Crippen molar-refractivity contribution in [3.05, 3.63) is 65.5 Å². The molecule has 0 aromatic heterocycles. The van der Waals surface area contributed by atoms with Crippen LogP contribution in [-0.2, 0) is 0 Å². The van der Waals surface area contributed by atoms with E-state index in [0.29, 0.717) is 37.2 Å². The molecule has 2 heterocycles. The van der Waals surface area contributed by atoms with E-state index in [4.69, 9.17) is 4.74 Å². The van der Waals surface area contributed by atoms with Crippen molar-refractivity contribution in [2.45, 2.75) is 18.4 Å². The summed E-state index contributed by atoms with van der Waals surface area (Å²) < 4.78 is 19.9. The Morgan fingerprint density at radius 3 is 2.77 bits per heavy atom. The van der Waals surface area contributed by atoms with Gasteiger partial charge in [-0.05, 0) is 37.1 Å². The fourth-order valence-corrected chi connectivity index (χ4v) is 3.67. The molecular weight excluding hydrogens is 335 g/mol. The van der Waals surface area contributed by atoms with E-state index < -0.39 is 11.4 Å². The van der Waals surface area contributed by atoms with Gasteiger partial charge in [0.1, 0.15) is 18.2 Å². The average Bonchev–Trinajstić information content (AvgIpc) is 2.79. The molecule has 2 aliphatic rings. The number of benzene rings is 2. The van der Waals surface area contributed by atoms with Gasteiger partial charge in [0, 0.05) is 13.1 Å². The standard InChI is InChI=1S/C20H19FN2O3/c21-16-8-3-1-6-14(16)19(25)23-11-5-10-20(12-23)13-26-17-9-4-2-7-15(17)18(24)22-20/h1-4,6-9H,5,10-13H2,(H,22,24). The Morgan fingerprint density at radius 1 is 1.15 bits per heavy atom. The molecule has 26 heavy (non-hydrogen) atoms. The SMILES string of the molecule is O=C1NC2(CCCN(C(=O)c3ccccc3F)C2)COc2ccccc21. The second-order valence-electron chi connectivity index (χ2n) is 6.83. The highest BCUT2D eigenvalue weighted by Crippen LogP contribution is 2.29.